The molecule has 2 heterocycles. The molecule has 2 aromatic heterocycles. The molecule has 0 radical (unpaired) electrons. The highest BCUT2D eigenvalue weighted by atomic mass is 16.1. The van der Waals surface area contributed by atoms with Gasteiger partial charge in [0.15, 0.2) is 0 Å². The first-order valence-electron chi connectivity index (χ1n) is 9.57. The van der Waals surface area contributed by atoms with Gasteiger partial charge in [-0.3, -0.25) is 9.36 Å². The van der Waals surface area contributed by atoms with E-state index in [1.807, 2.05) is 91.1 Å². The fourth-order valence-electron chi connectivity index (χ4n) is 3.63. The van der Waals surface area contributed by atoms with Gasteiger partial charge in [0.1, 0.15) is 5.82 Å². The molecule has 5 rings (SSSR count). The van der Waals surface area contributed by atoms with Crippen LogP contribution < -0.4 is 5.56 Å². The van der Waals surface area contributed by atoms with Crippen LogP contribution in [0.4, 0.5) is 0 Å². The fourth-order valence-corrected chi connectivity index (χ4v) is 3.63. The molecule has 140 valence electrons. The summed E-state index contributed by atoms with van der Waals surface area (Å²) in [6, 6.07) is 25.6. The molecule has 3 aromatic carbocycles. The standard InChI is InChI=1S/C25H19N3O/c29-25-21-11-5-7-13-23(21)27-24(28(25)17-18-8-2-1-3-9-18)15-14-19-16-26-22-12-6-4-10-20(19)22/h1-16,26H,17H2/b15-14+. The summed E-state index contributed by atoms with van der Waals surface area (Å²) in [5.74, 6) is 0.642. The van der Waals surface area contributed by atoms with E-state index in [2.05, 4.69) is 11.1 Å². The largest absolute Gasteiger partial charge is 0.361 e. The summed E-state index contributed by atoms with van der Waals surface area (Å²) in [4.78, 5) is 21.3. The van der Waals surface area contributed by atoms with Crippen LogP contribution in [0.5, 0.6) is 0 Å². The van der Waals surface area contributed by atoms with Crippen molar-refractivity contribution in [1.82, 2.24) is 14.5 Å². The Balaban J connectivity index is 1.65. The topological polar surface area (TPSA) is 50.7 Å². The maximum absolute atomic E-state index is 13.2. The first-order chi connectivity index (χ1) is 14.3. The fraction of sp³-hybridized carbons (Fsp3) is 0.0400. The van der Waals surface area contributed by atoms with Gasteiger partial charge in [-0.15, -0.1) is 0 Å². The highest BCUT2D eigenvalue weighted by Crippen LogP contribution is 2.20. The number of fused-ring (bicyclic) bond motifs is 2. The molecule has 5 aromatic rings. The van der Waals surface area contributed by atoms with Gasteiger partial charge in [0.25, 0.3) is 5.56 Å². The Morgan fingerprint density at radius 2 is 1.55 bits per heavy atom. The van der Waals surface area contributed by atoms with Crippen molar-refractivity contribution in [2.45, 2.75) is 6.54 Å². The lowest BCUT2D eigenvalue weighted by atomic mass is 10.1. The van der Waals surface area contributed by atoms with Gasteiger partial charge >= 0.3 is 0 Å². The smallest absolute Gasteiger partial charge is 0.261 e. The summed E-state index contributed by atoms with van der Waals surface area (Å²) in [5.41, 5.74) is 3.89. The van der Waals surface area contributed by atoms with Crippen LogP contribution in [0.1, 0.15) is 17.0 Å². The van der Waals surface area contributed by atoms with Gasteiger partial charge < -0.3 is 4.98 Å². The molecule has 0 spiro atoms. The number of para-hydroxylation sites is 2. The van der Waals surface area contributed by atoms with Crippen LogP contribution in [-0.2, 0) is 6.54 Å². The van der Waals surface area contributed by atoms with Crippen molar-refractivity contribution in [2.24, 2.45) is 0 Å². The first kappa shape index (κ1) is 17.2. The van der Waals surface area contributed by atoms with Crippen molar-refractivity contribution in [2.75, 3.05) is 0 Å². The second-order valence-electron chi connectivity index (χ2n) is 6.99. The van der Waals surface area contributed by atoms with E-state index < -0.39 is 0 Å². The lowest BCUT2D eigenvalue weighted by molar-refractivity contribution is 0.738. The lowest BCUT2D eigenvalue weighted by Gasteiger charge is -2.11. The number of nitrogens with one attached hydrogen (secondary N) is 1. The van der Waals surface area contributed by atoms with Crippen LogP contribution in [0.3, 0.4) is 0 Å². The van der Waals surface area contributed by atoms with E-state index in [1.165, 1.54) is 0 Å². The molecule has 4 nitrogen and oxygen atoms in total. The molecule has 0 bridgehead atoms. The van der Waals surface area contributed by atoms with E-state index in [4.69, 9.17) is 4.98 Å². The van der Waals surface area contributed by atoms with Crippen LogP contribution in [0.25, 0.3) is 34.0 Å². The van der Waals surface area contributed by atoms with Crippen LogP contribution in [0, 0.1) is 0 Å². The van der Waals surface area contributed by atoms with Crippen molar-refractivity contribution in [3.05, 3.63) is 112 Å². The summed E-state index contributed by atoms with van der Waals surface area (Å²) in [7, 11) is 0. The number of rotatable bonds is 4. The van der Waals surface area contributed by atoms with Crippen LogP contribution >= 0.6 is 0 Å². The number of hydrogen-bond acceptors (Lipinski definition) is 2. The van der Waals surface area contributed by atoms with Crippen molar-refractivity contribution in [3.63, 3.8) is 0 Å². The molecule has 29 heavy (non-hydrogen) atoms. The predicted octanol–water partition coefficient (Wildman–Crippen LogP) is 5.10. The molecule has 0 unspecified atom stereocenters. The van der Waals surface area contributed by atoms with E-state index in [-0.39, 0.29) is 5.56 Å². The number of aromatic nitrogens is 3. The molecule has 0 fully saturated rings. The third-order valence-corrected chi connectivity index (χ3v) is 5.11. The van der Waals surface area contributed by atoms with Gasteiger partial charge in [0.2, 0.25) is 0 Å². The van der Waals surface area contributed by atoms with Gasteiger partial charge in [-0.1, -0.05) is 60.7 Å². The maximum Gasteiger partial charge on any atom is 0.261 e. The zero-order valence-corrected chi connectivity index (χ0v) is 15.7. The Labute approximate surface area is 167 Å². The minimum absolute atomic E-state index is 0.0296. The van der Waals surface area contributed by atoms with Crippen LogP contribution in [0.15, 0.2) is 89.9 Å². The number of benzene rings is 3. The van der Waals surface area contributed by atoms with Gasteiger partial charge in [-0.25, -0.2) is 4.98 Å². The molecule has 1 N–H and O–H groups in total. The van der Waals surface area contributed by atoms with Gasteiger partial charge in [-0.05, 0) is 41.5 Å². The minimum atomic E-state index is -0.0296. The van der Waals surface area contributed by atoms with E-state index in [9.17, 15) is 4.79 Å². The zero-order chi connectivity index (χ0) is 19.6. The molecule has 0 amide bonds. The Bertz CT molecular complexity index is 1390. The minimum Gasteiger partial charge on any atom is -0.361 e. The normalized spacial score (nSPS) is 11.6. The quantitative estimate of drug-likeness (QED) is 0.474. The van der Waals surface area contributed by atoms with E-state index in [1.54, 1.807) is 4.57 Å². The second kappa shape index (κ2) is 7.24. The SMILES string of the molecule is O=c1c2ccccc2nc(/C=C/c2c[nH]c3ccccc23)n1Cc1ccccc1. The molecule has 0 aliphatic carbocycles. The van der Waals surface area contributed by atoms with Gasteiger partial charge in [0.05, 0.1) is 17.4 Å². The summed E-state index contributed by atoms with van der Waals surface area (Å²) < 4.78 is 1.74. The van der Waals surface area contributed by atoms with Gasteiger partial charge in [-0.2, -0.15) is 0 Å². The Hall–Kier alpha value is -3.92. The first-order valence-corrected chi connectivity index (χ1v) is 9.57. The highest BCUT2D eigenvalue weighted by Gasteiger charge is 2.10. The molecular weight excluding hydrogens is 358 g/mol. The lowest BCUT2D eigenvalue weighted by Crippen LogP contribution is -2.24. The Morgan fingerprint density at radius 1 is 0.828 bits per heavy atom. The van der Waals surface area contributed by atoms with Crippen LogP contribution in [0.2, 0.25) is 0 Å². The molecule has 0 atom stereocenters. The Kier molecular flexibility index (Phi) is 4.30. The Morgan fingerprint density at radius 3 is 2.41 bits per heavy atom. The van der Waals surface area contributed by atoms with E-state index in [0.717, 1.165) is 22.0 Å². The van der Waals surface area contributed by atoms with Crippen molar-refractivity contribution in [1.29, 1.82) is 0 Å². The molecule has 4 heteroatoms. The molecule has 0 aliphatic rings. The van der Waals surface area contributed by atoms with E-state index in [0.29, 0.717) is 23.3 Å². The number of H-pyrrole nitrogens is 1. The highest BCUT2D eigenvalue weighted by molar-refractivity contribution is 5.91. The maximum atomic E-state index is 13.2. The van der Waals surface area contributed by atoms with E-state index >= 15 is 0 Å². The summed E-state index contributed by atoms with van der Waals surface area (Å²) in [5, 5.41) is 1.77. The second-order valence-corrected chi connectivity index (χ2v) is 6.99. The zero-order valence-electron chi connectivity index (χ0n) is 15.7. The summed E-state index contributed by atoms with van der Waals surface area (Å²) >= 11 is 0. The molecule has 0 saturated carbocycles. The molecular formula is C25H19N3O. The average molecular weight is 377 g/mol. The average Bonchev–Trinajstić information content (AvgIpc) is 3.18. The monoisotopic (exact) mass is 377 g/mol. The van der Waals surface area contributed by atoms with Crippen molar-refractivity contribution >= 4 is 34.0 Å². The predicted molar refractivity (Wildman–Crippen MR) is 119 cm³/mol. The van der Waals surface area contributed by atoms with Crippen LogP contribution in [-0.4, -0.2) is 14.5 Å². The van der Waals surface area contributed by atoms with Crippen molar-refractivity contribution < 1.29 is 0 Å². The third-order valence-electron chi connectivity index (χ3n) is 5.11. The molecule has 0 saturated heterocycles. The van der Waals surface area contributed by atoms with Gasteiger partial charge in [0, 0.05) is 17.1 Å². The summed E-state index contributed by atoms with van der Waals surface area (Å²) in [6.07, 6.45) is 5.91. The number of hydrogen-bond donors (Lipinski definition) is 1. The third kappa shape index (κ3) is 3.25. The number of aromatic amines is 1. The summed E-state index contributed by atoms with van der Waals surface area (Å²) in [6.45, 7) is 0.477. The van der Waals surface area contributed by atoms with Crippen molar-refractivity contribution in [3.8, 4) is 0 Å². The number of nitrogens with zero attached hydrogens (tertiary/aromatic N) is 2. The molecule has 0 aliphatic heterocycles.